The van der Waals surface area contributed by atoms with Crippen molar-refractivity contribution in [2.24, 2.45) is 0 Å². The molecular formula is C15H27N3O2. The van der Waals surface area contributed by atoms with E-state index in [1.807, 2.05) is 6.92 Å². The Kier molecular flexibility index (Phi) is 4.29. The summed E-state index contributed by atoms with van der Waals surface area (Å²) in [6.45, 7) is 8.55. The lowest BCUT2D eigenvalue weighted by molar-refractivity contribution is -0.164. The van der Waals surface area contributed by atoms with E-state index in [-0.39, 0.29) is 11.5 Å². The van der Waals surface area contributed by atoms with Crippen LogP contribution in [-0.4, -0.2) is 73.2 Å². The molecule has 0 radical (unpaired) electrons. The van der Waals surface area contributed by atoms with Crippen LogP contribution in [0.25, 0.3) is 0 Å². The highest BCUT2D eigenvalue weighted by molar-refractivity contribution is 5.81. The Morgan fingerprint density at radius 3 is 2.85 bits per heavy atom. The van der Waals surface area contributed by atoms with E-state index >= 15 is 0 Å². The van der Waals surface area contributed by atoms with Crippen LogP contribution in [0.1, 0.15) is 32.6 Å². The monoisotopic (exact) mass is 281 g/mol. The van der Waals surface area contributed by atoms with Gasteiger partial charge in [0.2, 0.25) is 0 Å². The Hall–Kier alpha value is -0.650. The zero-order valence-corrected chi connectivity index (χ0v) is 12.6. The second kappa shape index (κ2) is 6.00. The first-order chi connectivity index (χ1) is 9.76. The van der Waals surface area contributed by atoms with E-state index in [4.69, 9.17) is 4.74 Å². The van der Waals surface area contributed by atoms with Crippen molar-refractivity contribution in [3.63, 3.8) is 0 Å². The number of hydrogen-bond acceptors (Lipinski definition) is 5. The number of rotatable bonds is 3. The number of hydrogen-bond donors (Lipinski definition) is 1. The first-order valence-electron chi connectivity index (χ1n) is 8.13. The van der Waals surface area contributed by atoms with Crippen LogP contribution >= 0.6 is 0 Å². The summed E-state index contributed by atoms with van der Waals surface area (Å²) in [6, 6.07) is 0.586. The zero-order valence-electron chi connectivity index (χ0n) is 12.6. The van der Waals surface area contributed by atoms with Crippen molar-refractivity contribution in [1.29, 1.82) is 0 Å². The van der Waals surface area contributed by atoms with Crippen molar-refractivity contribution in [3.05, 3.63) is 0 Å². The highest BCUT2D eigenvalue weighted by atomic mass is 16.5. The third-order valence-corrected chi connectivity index (χ3v) is 5.26. The average molecular weight is 281 g/mol. The van der Waals surface area contributed by atoms with Crippen molar-refractivity contribution in [2.75, 3.05) is 45.9 Å². The van der Waals surface area contributed by atoms with Crippen LogP contribution in [0.2, 0.25) is 0 Å². The van der Waals surface area contributed by atoms with E-state index in [0.29, 0.717) is 12.6 Å². The molecule has 20 heavy (non-hydrogen) atoms. The summed E-state index contributed by atoms with van der Waals surface area (Å²) in [4.78, 5) is 17.7. The van der Waals surface area contributed by atoms with Gasteiger partial charge >= 0.3 is 5.97 Å². The lowest BCUT2D eigenvalue weighted by Crippen LogP contribution is -2.65. The average Bonchev–Trinajstić information content (AvgIpc) is 2.95. The molecule has 3 rings (SSSR count). The van der Waals surface area contributed by atoms with E-state index in [0.717, 1.165) is 45.6 Å². The molecule has 2 atom stereocenters. The molecule has 5 heteroatoms. The van der Waals surface area contributed by atoms with Crippen LogP contribution < -0.4 is 5.32 Å². The standard InChI is InChI=1S/C15H27N3O2/c1-2-20-14(19)15(18-10-6-16-7-11-18)5-9-17-8-3-4-13(17)12-15/h13,16H,2-12H2,1H3. The van der Waals surface area contributed by atoms with Gasteiger partial charge in [0, 0.05) is 38.8 Å². The van der Waals surface area contributed by atoms with Gasteiger partial charge in [0.05, 0.1) is 6.61 Å². The summed E-state index contributed by atoms with van der Waals surface area (Å²) < 4.78 is 5.47. The maximum absolute atomic E-state index is 12.7. The molecule has 3 aliphatic heterocycles. The Balaban J connectivity index is 1.81. The minimum atomic E-state index is -0.358. The van der Waals surface area contributed by atoms with Gasteiger partial charge in [-0.25, -0.2) is 0 Å². The fourth-order valence-corrected chi connectivity index (χ4v) is 4.20. The molecule has 0 aromatic rings. The fraction of sp³-hybridized carbons (Fsp3) is 0.933. The van der Waals surface area contributed by atoms with Crippen LogP contribution in [0, 0.1) is 0 Å². The van der Waals surface area contributed by atoms with Crippen LogP contribution in [0.5, 0.6) is 0 Å². The number of piperazine rings is 1. The van der Waals surface area contributed by atoms with E-state index < -0.39 is 0 Å². The second-order valence-electron chi connectivity index (χ2n) is 6.28. The van der Waals surface area contributed by atoms with Crippen LogP contribution in [0.15, 0.2) is 0 Å². The number of esters is 1. The summed E-state index contributed by atoms with van der Waals surface area (Å²) in [5.74, 6) is 0.0217. The summed E-state index contributed by atoms with van der Waals surface area (Å²) in [5, 5.41) is 3.38. The van der Waals surface area contributed by atoms with Gasteiger partial charge in [-0.2, -0.15) is 0 Å². The quantitative estimate of drug-likeness (QED) is 0.761. The van der Waals surface area contributed by atoms with Gasteiger partial charge in [0.1, 0.15) is 5.54 Å². The minimum absolute atomic E-state index is 0.0217. The molecule has 3 fully saturated rings. The van der Waals surface area contributed by atoms with E-state index in [1.165, 1.54) is 19.4 Å². The Morgan fingerprint density at radius 2 is 2.10 bits per heavy atom. The van der Waals surface area contributed by atoms with Gasteiger partial charge in [-0.15, -0.1) is 0 Å². The number of nitrogens with one attached hydrogen (secondary N) is 1. The van der Waals surface area contributed by atoms with Crippen LogP contribution in [0.3, 0.4) is 0 Å². The predicted molar refractivity (Wildman–Crippen MR) is 77.6 cm³/mol. The number of nitrogens with zero attached hydrogens (tertiary/aromatic N) is 2. The molecule has 0 bridgehead atoms. The lowest BCUT2D eigenvalue weighted by Gasteiger charge is -2.49. The molecule has 0 spiro atoms. The summed E-state index contributed by atoms with van der Waals surface area (Å²) in [7, 11) is 0. The van der Waals surface area contributed by atoms with Crippen LogP contribution in [0.4, 0.5) is 0 Å². The van der Waals surface area contributed by atoms with Gasteiger partial charge in [0.25, 0.3) is 0 Å². The molecular weight excluding hydrogens is 254 g/mol. The van der Waals surface area contributed by atoms with E-state index in [1.54, 1.807) is 0 Å². The Morgan fingerprint density at radius 1 is 1.30 bits per heavy atom. The largest absolute Gasteiger partial charge is 0.465 e. The maximum Gasteiger partial charge on any atom is 0.326 e. The van der Waals surface area contributed by atoms with Gasteiger partial charge < -0.3 is 15.0 Å². The van der Waals surface area contributed by atoms with Gasteiger partial charge in [0.15, 0.2) is 0 Å². The summed E-state index contributed by atoms with van der Waals surface area (Å²) in [5.41, 5.74) is -0.358. The first-order valence-corrected chi connectivity index (χ1v) is 8.13. The lowest BCUT2D eigenvalue weighted by atomic mass is 9.81. The van der Waals surface area contributed by atoms with Crippen molar-refractivity contribution < 1.29 is 9.53 Å². The normalized spacial score (nSPS) is 35.8. The Bertz CT molecular complexity index is 357. The predicted octanol–water partition coefficient (Wildman–Crippen LogP) is 0.452. The summed E-state index contributed by atoms with van der Waals surface area (Å²) >= 11 is 0. The van der Waals surface area contributed by atoms with Crippen molar-refractivity contribution in [2.45, 2.75) is 44.2 Å². The molecule has 0 amide bonds. The number of fused-ring (bicyclic) bond motifs is 1. The third kappa shape index (κ3) is 2.47. The number of ether oxygens (including phenoxy) is 1. The first kappa shape index (κ1) is 14.3. The number of piperidine rings is 1. The van der Waals surface area contributed by atoms with E-state index in [2.05, 4.69) is 15.1 Å². The minimum Gasteiger partial charge on any atom is -0.465 e. The van der Waals surface area contributed by atoms with Crippen molar-refractivity contribution in [1.82, 2.24) is 15.1 Å². The molecule has 2 unspecified atom stereocenters. The number of carbonyl (C=O) groups excluding carboxylic acids is 1. The molecule has 3 aliphatic rings. The second-order valence-corrected chi connectivity index (χ2v) is 6.28. The molecule has 0 saturated carbocycles. The smallest absolute Gasteiger partial charge is 0.326 e. The molecule has 5 nitrogen and oxygen atoms in total. The van der Waals surface area contributed by atoms with Crippen LogP contribution in [-0.2, 0) is 9.53 Å². The molecule has 3 heterocycles. The van der Waals surface area contributed by atoms with Gasteiger partial charge in [-0.1, -0.05) is 0 Å². The molecule has 1 N–H and O–H groups in total. The summed E-state index contributed by atoms with van der Waals surface area (Å²) in [6.07, 6.45) is 4.42. The van der Waals surface area contributed by atoms with Gasteiger partial charge in [-0.05, 0) is 39.2 Å². The molecule has 0 aliphatic carbocycles. The molecule has 114 valence electrons. The highest BCUT2D eigenvalue weighted by Gasteiger charge is 2.51. The van der Waals surface area contributed by atoms with Gasteiger partial charge in [-0.3, -0.25) is 9.69 Å². The molecule has 0 aromatic heterocycles. The molecule has 0 aromatic carbocycles. The van der Waals surface area contributed by atoms with Crippen molar-refractivity contribution >= 4 is 5.97 Å². The number of carbonyl (C=O) groups is 1. The fourth-order valence-electron chi connectivity index (χ4n) is 4.20. The maximum atomic E-state index is 12.7. The highest BCUT2D eigenvalue weighted by Crippen LogP contribution is 2.38. The Labute approximate surface area is 121 Å². The van der Waals surface area contributed by atoms with Crippen molar-refractivity contribution in [3.8, 4) is 0 Å². The third-order valence-electron chi connectivity index (χ3n) is 5.26. The topological polar surface area (TPSA) is 44.8 Å². The zero-order chi connectivity index (χ0) is 14.0. The van der Waals surface area contributed by atoms with E-state index in [9.17, 15) is 4.79 Å². The molecule has 3 saturated heterocycles. The SMILES string of the molecule is CCOC(=O)C1(N2CCNCC2)CCN2CCCC2C1.